The summed E-state index contributed by atoms with van der Waals surface area (Å²) in [5.41, 5.74) is 1.25. The van der Waals surface area contributed by atoms with Gasteiger partial charge in [0.1, 0.15) is 5.82 Å². The third kappa shape index (κ3) is 3.23. The van der Waals surface area contributed by atoms with Crippen LogP contribution in [0.15, 0.2) is 16.7 Å². The van der Waals surface area contributed by atoms with Gasteiger partial charge in [0, 0.05) is 19.3 Å². The van der Waals surface area contributed by atoms with Crippen LogP contribution in [0.1, 0.15) is 25.3 Å². The Bertz CT molecular complexity index is 389. The Kier molecular flexibility index (Phi) is 5.01. The maximum Gasteiger partial charge on any atom is 0.143 e. The number of pyridine rings is 1. The fourth-order valence-corrected chi connectivity index (χ4v) is 2.99. The van der Waals surface area contributed by atoms with Gasteiger partial charge in [0.25, 0.3) is 0 Å². The van der Waals surface area contributed by atoms with E-state index in [1.165, 1.54) is 24.9 Å². The lowest BCUT2D eigenvalue weighted by Crippen LogP contribution is -2.38. The van der Waals surface area contributed by atoms with Gasteiger partial charge in [0.05, 0.1) is 4.47 Å². The van der Waals surface area contributed by atoms with Crippen molar-refractivity contribution in [1.29, 1.82) is 0 Å². The molecular weight excluding hydrogens is 290 g/mol. The molecule has 1 aliphatic rings. The summed E-state index contributed by atoms with van der Waals surface area (Å²) in [6, 6.07) is 2.05. The molecule has 18 heavy (non-hydrogen) atoms. The predicted molar refractivity (Wildman–Crippen MR) is 80.2 cm³/mol. The topological polar surface area (TPSA) is 28.2 Å². The molecule has 1 N–H and O–H groups in total. The zero-order valence-electron chi connectivity index (χ0n) is 11.2. The van der Waals surface area contributed by atoms with Crippen molar-refractivity contribution in [3.63, 3.8) is 0 Å². The highest BCUT2D eigenvalue weighted by Crippen LogP contribution is 2.27. The minimum Gasteiger partial charge on any atom is -0.356 e. The molecule has 3 nitrogen and oxygen atoms in total. The summed E-state index contributed by atoms with van der Waals surface area (Å²) in [6.45, 7) is 8.73. The molecule has 1 aromatic heterocycles. The summed E-state index contributed by atoms with van der Waals surface area (Å²) in [4.78, 5) is 6.92. The molecule has 1 aliphatic heterocycles. The van der Waals surface area contributed by atoms with Crippen LogP contribution >= 0.6 is 15.9 Å². The monoisotopic (exact) mass is 311 g/mol. The average molecular weight is 312 g/mol. The van der Waals surface area contributed by atoms with Crippen LogP contribution < -0.4 is 10.2 Å². The first-order valence-corrected chi connectivity index (χ1v) is 7.58. The van der Waals surface area contributed by atoms with Crippen molar-refractivity contribution in [3.05, 3.63) is 22.3 Å². The standard InChI is InChI=1S/C14H22BrN3/c1-3-18(10-12-5-4-7-16-9-12)14-13(15)11(2)6-8-17-14/h6,8,12,16H,3-5,7,9-10H2,1-2H3. The largest absolute Gasteiger partial charge is 0.356 e. The molecule has 2 rings (SSSR count). The van der Waals surface area contributed by atoms with Gasteiger partial charge in [0.2, 0.25) is 0 Å². The van der Waals surface area contributed by atoms with E-state index in [9.17, 15) is 0 Å². The number of anilines is 1. The molecule has 1 fully saturated rings. The summed E-state index contributed by atoms with van der Waals surface area (Å²) in [5, 5.41) is 3.48. The number of rotatable bonds is 4. The van der Waals surface area contributed by atoms with E-state index in [2.05, 4.69) is 45.0 Å². The molecule has 1 aromatic rings. The van der Waals surface area contributed by atoms with E-state index < -0.39 is 0 Å². The van der Waals surface area contributed by atoms with Gasteiger partial charge < -0.3 is 10.2 Å². The number of piperidine rings is 1. The van der Waals surface area contributed by atoms with Crippen molar-refractivity contribution in [3.8, 4) is 0 Å². The van der Waals surface area contributed by atoms with Crippen molar-refractivity contribution in [2.45, 2.75) is 26.7 Å². The Balaban J connectivity index is 2.09. The highest BCUT2D eigenvalue weighted by atomic mass is 79.9. The predicted octanol–water partition coefficient (Wildman–Crippen LogP) is 2.98. The van der Waals surface area contributed by atoms with Crippen LogP contribution in [-0.2, 0) is 0 Å². The van der Waals surface area contributed by atoms with E-state index >= 15 is 0 Å². The highest BCUT2D eigenvalue weighted by Gasteiger charge is 2.18. The van der Waals surface area contributed by atoms with Crippen LogP contribution in [-0.4, -0.2) is 31.2 Å². The van der Waals surface area contributed by atoms with Crippen molar-refractivity contribution < 1.29 is 0 Å². The van der Waals surface area contributed by atoms with E-state index in [-0.39, 0.29) is 0 Å². The number of hydrogen-bond acceptors (Lipinski definition) is 3. The molecule has 0 aromatic carbocycles. The van der Waals surface area contributed by atoms with E-state index in [4.69, 9.17) is 0 Å². The Morgan fingerprint density at radius 3 is 3.06 bits per heavy atom. The molecule has 100 valence electrons. The first kappa shape index (κ1) is 13.8. The molecule has 2 heterocycles. The van der Waals surface area contributed by atoms with E-state index in [0.29, 0.717) is 0 Å². The first-order valence-electron chi connectivity index (χ1n) is 6.79. The smallest absolute Gasteiger partial charge is 0.143 e. The van der Waals surface area contributed by atoms with E-state index in [0.717, 1.165) is 35.8 Å². The number of nitrogens with zero attached hydrogens (tertiary/aromatic N) is 2. The molecule has 0 spiro atoms. The van der Waals surface area contributed by atoms with Crippen molar-refractivity contribution >= 4 is 21.7 Å². The summed E-state index contributed by atoms with van der Waals surface area (Å²) in [6.07, 6.45) is 4.52. The fourth-order valence-electron chi connectivity index (χ4n) is 2.50. The summed E-state index contributed by atoms with van der Waals surface area (Å²) in [5.74, 6) is 1.83. The van der Waals surface area contributed by atoms with Crippen molar-refractivity contribution in [1.82, 2.24) is 10.3 Å². The Morgan fingerprint density at radius 1 is 1.56 bits per heavy atom. The molecule has 0 amide bonds. The summed E-state index contributed by atoms with van der Waals surface area (Å²) in [7, 11) is 0. The van der Waals surface area contributed by atoms with Crippen molar-refractivity contribution in [2.75, 3.05) is 31.1 Å². The van der Waals surface area contributed by atoms with Crippen LogP contribution in [0.4, 0.5) is 5.82 Å². The van der Waals surface area contributed by atoms with Gasteiger partial charge in [-0.3, -0.25) is 0 Å². The third-order valence-electron chi connectivity index (χ3n) is 3.62. The van der Waals surface area contributed by atoms with Crippen LogP contribution in [0.2, 0.25) is 0 Å². The Morgan fingerprint density at radius 2 is 2.39 bits per heavy atom. The highest BCUT2D eigenvalue weighted by molar-refractivity contribution is 9.10. The second-order valence-corrected chi connectivity index (χ2v) is 5.81. The van der Waals surface area contributed by atoms with Gasteiger partial charge in [-0.25, -0.2) is 4.98 Å². The van der Waals surface area contributed by atoms with Gasteiger partial charge in [-0.1, -0.05) is 0 Å². The number of halogens is 1. The van der Waals surface area contributed by atoms with Crippen molar-refractivity contribution in [2.24, 2.45) is 5.92 Å². The maximum absolute atomic E-state index is 4.53. The van der Waals surface area contributed by atoms with Crippen LogP contribution in [0, 0.1) is 12.8 Å². The molecule has 0 radical (unpaired) electrons. The molecule has 0 aliphatic carbocycles. The van der Waals surface area contributed by atoms with Gasteiger partial charge in [-0.2, -0.15) is 0 Å². The molecule has 1 unspecified atom stereocenters. The molecule has 0 bridgehead atoms. The van der Waals surface area contributed by atoms with Gasteiger partial charge >= 0.3 is 0 Å². The number of aryl methyl sites for hydroxylation is 1. The summed E-state index contributed by atoms with van der Waals surface area (Å²) >= 11 is 3.67. The molecular formula is C14H22BrN3. The Hall–Kier alpha value is -0.610. The third-order valence-corrected chi connectivity index (χ3v) is 4.60. The second-order valence-electron chi connectivity index (χ2n) is 5.02. The fraction of sp³-hybridized carbons (Fsp3) is 0.643. The molecule has 1 atom stereocenters. The lowest BCUT2D eigenvalue weighted by Gasteiger charge is -2.31. The minimum atomic E-state index is 0.743. The lowest BCUT2D eigenvalue weighted by atomic mass is 9.99. The average Bonchev–Trinajstić information content (AvgIpc) is 2.41. The quantitative estimate of drug-likeness (QED) is 0.926. The summed E-state index contributed by atoms with van der Waals surface area (Å²) < 4.78 is 1.13. The first-order chi connectivity index (χ1) is 8.72. The molecule has 1 saturated heterocycles. The zero-order chi connectivity index (χ0) is 13.0. The van der Waals surface area contributed by atoms with Crippen LogP contribution in [0.25, 0.3) is 0 Å². The van der Waals surface area contributed by atoms with E-state index in [1.807, 2.05) is 12.3 Å². The van der Waals surface area contributed by atoms with Crippen LogP contribution in [0.3, 0.4) is 0 Å². The molecule has 0 saturated carbocycles. The number of hydrogen-bond donors (Lipinski definition) is 1. The maximum atomic E-state index is 4.53. The zero-order valence-corrected chi connectivity index (χ0v) is 12.8. The van der Waals surface area contributed by atoms with Crippen LogP contribution in [0.5, 0.6) is 0 Å². The van der Waals surface area contributed by atoms with E-state index in [1.54, 1.807) is 0 Å². The normalized spacial score (nSPS) is 19.8. The van der Waals surface area contributed by atoms with Gasteiger partial charge in [-0.05, 0) is 73.3 Å². The number of nitrogens with one attached hydrogen (secondary N) is 1. The lowest BCUT2D eigenvalue weighted by molar-refractivity contribution is 0.377. The number of aromatic nitrogens is 1. The Labute approximate surface area is 118 Å². The second kappa shape index (κ2) is 6.53. The SMILES string of the molecule is CCN(CC1CCCNC1)c1nccc(C)c1Br. The van der Waals surface area contributed by atoms with Gasteiger partial charge in [0.15, 0.2) is 0 Å². The molecule has 4 heteroatoms. The van der Waals surface area contributed by atoms with Gasteiger partial charge in [-0.15, -0.1) is 0 Å². The minimum absolute atomic E-state index is 0.743.